The van der Waals surface area contributed by atoms with Gasteiger partial charge in [0.05, 0.1) is 5.75 Å². The van der Waals surface area contributed by atoms with Gasteiger partial charge >= 0.3 is 0 Å². The molecule has 1 unspecified atom stereocenters. The number of hydrogen-bond acceptors (Lipinski definition) is 4. The highest BCUT2D eigenvalue weighted by Crippen LogP contribution is 2.02. The summed E-state index contributed by atoms with van der Waals surface area (Å²) < 4.78 is 22.0. The number of sulfone groups is 1. The molecular formula is C9H20N2O2S. The van der Waals surface area contributed by atoms with E-state index in [2.05, 4.69) is 17.1 Å². The predicted molar refractivity (Wildman–Crippen MR) is 58.2 cm³/mol. The van der Waals surface area contributed by atoms with E-state index in [0.29, 0.717) is 12.5 Å². The van der Waals surface area contributed by atoms with Gasteiger partial charge in [0, 0.05) is 32.4 Å². The lowest BCUT2D eigenvalue weighted by atomic mass is 10.2. The molecule has 0 bridgehead atoms. The zero-order chi connectivity index (χ0) is 10.6. The van der Waals surface area contributed by atoms with E-state index in [1.165, 1.54) is 6.26 Å². The van der Waals surface area contributed by atoms with Crippen LogP contribution in [0, 0.1) is 5.92 Å². The lowest BCUT2D eigenvalue weighted by Crippen LogP contribution is -2.33. The fraction of sp³-hybridized carbons (Fsp3) is 1.00. The minimum atomic E-state index is -2.81. The Morgan fingerprint density at radius 2 is 2.21 bits per heavy atom. The average molecular weight is 220 g/mol. The standard InChI is InChI=1S/C9H20N2O2S/c1-9-7-10-3-4-11(8-9)5-6-14(2,12)13/h9-10H,3-8H2,1-2H3. The number of nitrogens with one attached hydrogen (secondary N) is 1. The van der Waals surface area contributed by atoms with Crippen molar-refractivity contribution in [1.82, 2.24) is 10.2 Å². The van der Waals surface area contributed by atoms with Gasteiger partial charge < -0.3 is 10.2 Å². The summed E-state index contributed by atoms with van der Waals surface area (Å²) in [7, 11) is -2.81. The molecule has 14 heavy (non-hydrogen) atoms. The van der Waals surface area contributed by atoms with Gasteiger partial charge in [-0.3, -0.25) is 0 Å². The molecule has 0 spiro atoms. The Balaban J connectivity index is 2.35. The van der Waals surface area contributed by atoms with E-state index in [1.807, 2.05) is 0 Å². The van der Waals surface area contributed by atoms with E-state index in [4.69, 9.17) is 0 Å². The highest BCUT2D eigenvalue weighted by atomic mass is 32.2. The van der Waals surface area contributed by atoms with Crippen molar-refractivity contribution in [3.8, 4) is 0 Å². The van der Waals surface area contributed by atoms with Crippen LogP contribution in [0.2, 0.25) is 0 Å². The van der Waals surface area contributed by atoms with Gasteiger partial charge in [-0.05, 0) is 12.5 Å². The van der Waals surface area contributed by atoms with Gasteiger partial charge in [0.1, 0.15) is 9.84 Å². The van der Waals surface area contributed by atoms with Crippen LogP contribution >= 0.6 is 0 Å². The molecule has 1 fully saturated rings. The third-order valence-corrected chi connectivity index (χ3v) is 3.37. The van der Waals surface area contributed by atoms with E-state index in [9.17, 15) is 8.42 Å². The smallest absolute Gasteiger partial charge is 0.148 e. The summed E-state index contributed by atoms with van der Waals surface area (Å²) in [5.41, 5.74) is 0. The first-order chi connectivity index (χ1) is 6.47. The Labute approximate surface area is 86.6 Å². The lowest BCUT2D eigenvalue weighted by molar-refractivity contribution is 0.279. The first-order valence-corrected chi connectivity index (χ1v) is 7.14. The molecule has 1 aliphatic rings. The molecule has 84 valence electrons. The molecule has 1 N–H and O–H groups in total. The summed E-state index contributed by atoms with van der Waals surface area (Å²) in [4.78, 5) is 2.23. The Hall–Kier alpha value is -0.130. The second-order valence-electron chi connectivity index (χ2n) is 4.24. The summed E-state index contributed by atoms with van der Waals surface area (Å²) >= 11 is 0. The molecule has 0 aromatic carbocycles. The van der Waals surface area contributed by atoms with Gasteiger partial charge in [0.15, 0.2) is 0 Å². The SMILES string of the molecule is CC1CNCCN(CCS(C)(=O)=O)C1. The molecule has 0 aromatic rings. The van der Waals surface area contributed by atoms with Gasteiger partial charge in [-0.2, -0.15) is 0 Å². The van der Waals surface area contributed by atoms with Crippen molar-refractivity contribution in [2.24, 2.45) is 5.92 Å². The van der Waals surface area contributed by atoms with Crippen molar-refractivity contribution in [3.63, 3.8) is 0 Å². The van der Waals surface area contributed by atoms with Gasteiger partial charge in [-0.1, -0.05) is 6.92 Å². The van der Waals surface area contributed by atoms with Gasteiger partial charge in [-0.25, -0.2) is 8.42 Å². The van der Waals surface area contributed by atoms with E-state index in [0.717, 1.165) is 26.2 Å². The summed E-state index contributed by atoms with van der Waals surface area (Å²) in [5, 5.41) is 3.33. The van der Waals surface area contributed by atoms with E-state index < -0.39 is 9.84 Å². The van der Waals surface area contributed by atoms with Crippen LogP contribution in [-0.2, 0) is 9.84 Å². The largest absolute Gasteiger partial charge is 0.315 e. The average Bonchev–Trinajstić information content (AvgIpc) is 2.25. The van der Waals surface area contributed by atoms with E-state index in [1.54, 1.807) is 0 Å². The lowest BCUT2D eigenvalue weighted by Gasteiger charge is -2.21. The van der Waals surface area contributed by atoms with Crippen molar-refractivity contribution in [2.45, 2.75) is 6.92 Å². The van der Waals surface area contributed by atoms with Crippen molar-refractivity contribution in [3.05, 3.63) is 0 Å². The molecule has 0 amide bonds. The minimum absolute atomic E-state index is 0.277. The molecule has 0 aliphatic carbocycles. The maximum absolute atomic E-state index is 11.0. The van der Waals surface area contributed by atoms with Crippen molar-refractivity contribution < 1.29 is 8.42 Å². The maximum Gasteiger partial charge on any atom is 0.148 e. The van der Waals surface area contributed by atoms with Gasteiger partial charge in [0.2, 0.25) is 0 Å². The molecule has 1 atom stereocenters. The van der Waals surface area contributed by atoms with Crippen LogP contribution in [0.15, 0.2) is 0 Å². The Kier molecular flexibility index (Phi) is 4.34. The molecule has 1 rings (SSSR count). The van der Waals surface area contributed by atoms with Crippen LogP contribution in [0.25, 0.3) is 0 Å². The second kappa shape index (κ2) is 5.09. The first-order valence-electron chi connectivity index (χ1n) is 5.08. The normalized spacial score (nSPS) is 26.0. The number of nitrogens with zero attached hydrogens (tertiary/aromatic N) is 1. The summed E-state index contributed by atoms with van der Waals surface area (Å²) in [6, 6.07) is 0. The highest BCUT2D eigenvalue weighted by molar-refractivity contribution is 7.90. The maximum atomic E-state index is 11.0. The zero-order valence-corrected chi connectivity index (χ0v) is 9.81. The first kappa shape index (κ1) is 11.9. The molecule has 1 aliphatic heterocycles. The van der Waals surface area contributed by atoms with Gasteiger partial charge in [0.25, 0.3) is 0 Å². The Morgan fingerprint density at radius 1 is 1.50 bits per heavy atom. The summed E-state index contributed by atoms with van der Waals surface area (Å²) in [5.74, 6) is 0.886. The van der Waals surface area contributed by atoms with Crippen molar-refractivity contribution >= 4 is 9.84 Å². The minimum Gasteiger partial charge on any atom is -0.315 e. The molecular weight excluding hydrogens is 200 g/mol. The molecule has 0 saturated carbocycles. The second-order valence-corrected chi connectivity index (χ2v) is 6.50. The van der Waals surface area contributed by atoms with Crippen LogP contribution < -0.4 is 5.32 Å². The Bertz CT molecular complexity index is 264. The van der Waals surface area contributed by atoms with E-state index in [-0.39, 0.29) is 5.75 Å². The number of rotatable bonds is 3. The summed E-state index contributed by atoms with van der Waals surface area (Å²) in [6.07, 6.45) is 1.30. The zero-order valence-electron chi connectivity index (χ0n) is 8.99. The fourth-order valence-electron chi connectivity index (χ4n) is 1.68. The van der Waals surface area contributed by atoms with Crippen molar-refractivity contribution in [1.29, 1.82) is 0 Å². The van der Waals surface area contributed by atoms with Crippen molar-refractivity contribution in [2.75, 3.05) is 44.7 Å². The van der Waals surface area contributed by atoms with Crippen LogP contribution in [0.5, 0.6) is 0 Å². The third kappa shape index (κ3) is 4.93. The fourth-order valence-corrected chi connectivity index (χ4v) is 2.27. The number of hydrogen-bond donors (Lipinski definition) is 1. The topological polar surface area (TPSA) is 49.4 Å². The molecule has 1 saturated heterocycles. The summed E-state index contributed by atoms with van der Waals surface area (Å²) in [6.45, 7) is 6.82. The van der Waals surface area contributed by atoms with Crippen LogP contribution in [0.4, 0.5) is 0 Å². The van der Waals surface area contributed by atoms with Crippen LogP contribution in [0.3, 0.4) is 0 Å². The molecule has 0 radical (unpaired) electrons. The van der Waals surface area contributed by atoms with Crippen LogP contribution in [-0.4, -0.2) is 58.1 Å². The van der Waals surface area contributed by atoms with E-state index >= 15 is 0 Å². The molecule has 5 heteroatoms. The predicted octanol–water partition coefficient (Wildman–Crippen LogP) is -0.428. The molecule has 0 aromatic heterocycles. The Morgan fingerprint density at radius 3 is 2.86 bits per heavy atom. The van der Waals surface area contributed by atoms with Gasteiger partial charge in [-0.15, -0.1) is 0 Å². The molecule has 4 nitrogen and oxygen atoms in total. The quantitative estimate of drug-likeness (QED) is 0.701. The third-order valence-electron chi connectivity index (χ3n) is 2.45. The van der Waals surface area contributed by atoms with Crippen LogP contribution in [0.1, 0.15) is 6.92 Å². The monoisotopic (exact) mass is 220 g/mol. The molecule has 1 heterocycles. The highest BCUT2D eigenvalue weighted by Gasteiger charge is 2.15.